The molecule has 0 aliphatic heterocycles. The number of methoxy groups -OCH3 is 1. The Hall–Kier alpha value is -2.30. The Morgan fingerprint density at radius 2 is 2.00 bits per heavy atom. The highest BCUT2D eigenvalue weighted by Crippen LogP contribution is 2.21. The van der Waals surface area contributed by atoms with Crippen molar-refractivity contribution in [2.75, 3.05) is 13.7 Å². The maximum Gasteiger partial charge on any atom is 0.379 e. The number of para-hydroxylation sites is 1. The van der Waals surface area contributed by atoms with Crippen LogP contribution in [0.5, 0.6) is 0 Å². The molecule has 1 aromatic carbocycles. The zero-order valence-corrected chi connectivity index (χ0v) is 10.2. The first kappa shape index (κ1) is 12.2. The molecule has 1 heterocycles. The van der Waals surface area contributed by atoms with E-state index in [4.69, 9.17) is 4.84 Å². The minimum absolute atomic E-state index is 0.283. The molecule has 0 spiro atoms. The monoisotopic (exact) mass is 247 g/mol. The number of hydrogen-bond acceptors (Lipinski definition) is 4. The van der Waals surface area contributed by atoms with Gasteiger partial charge in [-0.1, -0.05) is 18.2 Å². The molecule has 0 saturated carbocycles. The van der Waals surface area contributed by atoms with E-state index in [0.717, 1.165) is 5.52 Å². The molecule has 94 valence electrons. The van der Waals surface area contributed by atoms with Gasteiger partial charge in [0.05, 0.1) is 24.4 Å². The third-order valence-electron chi connectivity index (χ3n) is 2.56. The van der Waals surface area contributed by atoms with Gasteiger partial charge in [0.1, 0.15) is 6.61 Å². The molecule has 1 aromatic heterocycles. The molecule has 0 radical (unpaired) electrons. The van der Waals surface area contributed by atoms with Gasteiger partial charge in [0.2, 0.25) is 0 Å². The molecule has 0 N–H and O–H groups in total. The molecule has 2 rings (SSSR count). The number of ketones is 1. The van der Waals surface area contributed by atoms with E-state index in [1.807, 2.05) is 19.1 Å². The minimum atomic E-state index is -0.880. The number of esters is 1. The van der Waals surface area contributed by atoms with Crippen molar-refractivity contribution in [3.8, 4) is 0 Å². The fourth-order valence-electron chi connectivity index (χ4n) is 1.78. The summed E-state index contributed by atoms with van der Waals surface area (Å²) in [6.07, 6.45) is 1.51. The lowest BCUT2D eigenvalue weighted by Gasteiger charge is -2.03. The molecule has 2 aromatic rings. The van der Waals surface area contributed by atoms with Crippen LogP contribution in [0, 0.1) is 0 Å². The van der Waals surface area contributed by atoms with Crippen LogP contribution in [0.1, 0.15) is 17.3 Å². The molecule has 5 nitrogen and oxygen atoms in total. The van der Waals surface area contributed by atoms with Crippen molar-refractivity contribution in [1.82, 2.24) is 4.73 Å². The van der Waals surface area contributed by atoms with Crippen molar-refractivity contribution < 1.29 is 19.2 Å². The summed E-state index contributed by atoms with van der Waals surface area (Å²) >= 11 is 0. The Morgan fingerprint density at radius 3 is 2.67 bits per heavy atom. The summed E-state index contributed by atoms with van der Waals surface area (Å²) < 4.78 is 5.94. The van der Waals surface area contributed by atoms with Crippen LogP contribution in [0.3, 0.4) is 0 Å². The predicted octanol–water partition coefficient (Wildman–Crippen LogP) is 1.45. The average Bonchev–Trinajstić information content (AvgIpc) is 2.77. The lowest BCUT2D eigenvalue weighted by Crippen LogP contribution is -2.15. The summed E-state index contributed by atoms with van der Waals surface area (Å²) in [5.74, 6) is -1.55. The normalized spacial score (nSPS) is 10.3. The Balaban J connectivity index is 2.57. The lowest BCUT2D eigenvalue weighted by atomic mass is 10.1. The Bertz CT molecular complexity index is 600. The van der Waals surface area contributed by atoms with Gasteiger partial charge in [0, 0.05) is 5.39 Å². The number of carbonyl (C=O) groups excluding carboxylic acids is 2. The first-order chi connectivity index (χ1) is 8.69. The van der Waals surface area contributed by atoms with E-state index in [2.05, 4.69) is 4.74 Å². The number of benzene rings is 1. The Kier molecular flexibility index (Phi) is 3.32. The fourth-order valence-corrected chi connectivity index (χ4v) is 1.78. The van der Waals surface area contributed by atoms with Gasteiger partial charge >= 0.3 is 5.97 Å². The number of fused-ring (bicyclic) bond motifs is 1. The molecule has 18 heavy (non-hydrogen) atoms. The quantitative estimate of drug-likeness (QED) is 0.466. The number of hydrogen-bond donors (Lipinski definition) is 0. The molecular formula is C13H13NO4. The van der Waals surface area contributed by atoms with E-state index < -0.39 is 11.8 Å². The number of aromatic nitrogens is 1. The van der Waals surface area contributed by atoms with Crippen molar-refractivity contribution in [3.63, 3.8) is 0 Å². The highest BCUT2D eigenvalue weighted by atomic mass is 16.7. The van der Waals surface area contributed by atoms with Crippen molar-refractivity contribution in [2.24, 2.45) is 0 Å². The van der Waals surface area contributed by atoms with Crippen molar-refractivity contribution in [2.45, 2.75) is 6.92 Å². The largest absolute Gasteiger partial charge is 0.463 e. The van der Waals surface area contributed by atoms with Gasteiger partial charge in [-0.3, -0.25) is 4.79 Å². The van der Waals surface area contributed by atoms with Gasteiger partial charge in [-0.05, 0) is 13.0 Å². The second-order valence-electron chi connectivity index (χ2n) is 3.62. The summed E-state index contributed by atoms with van der Waals surface area (Å²) in [7, 11) is 1.18. The molecular weight excluding hydrogens is 234 g/mol. The third-order valence-corrected chi connectivity index (χ3v) is 2.56. The molecule has 0 atom stereocenters. The van der Waals surface area contributed by atoms with Gasteiger partial charge in [-0.2, -0.15) is 4.73 Å². The molecule has 0 fully saturated rings. The molecule has 0 amide bonds. The Labute approximate surface area is 104 Å². The number of rotatable bonds is 4. The second-order valence-corrected chi connectivity index (χ2v) is 3.62. The summed E-state index contributed by atoms with van der Waals surface area (Å²) in [6.45, 7) is 2.31. The summed E-state index contributed by atoms with van der Waals surface area (Å²) in [4.78, 5) is 28.5. The third kappa shape index (κ3) is 1.95. The van der Waals surface area contributed by atoms with Crippen LogP contribution in [-0.4, -0.2) is 30.2 Å². The SMILES string of the molecule is CCOn1cc(C(=O)C(=O)OC)c2ccccc21. The standard InChI is InChI=1S/C13H13NO4/c1-3-18-14-8-10(12(15)13(16)17-2)9-6-4-5-7-11(9)14/h4-8H,3H2,1-2H3. The van der Waals surface area contributed by atoms with Crippen molar-refractivity contribution >= 4 is 22.7 Å². The molecule has 0 saturated heterocycles. The number of Topliss-reactive ketones (excluding diaryl/α,β-unsaturated/α-hetero) is 1. The summed E-state index contributed by atoms with van der Waals surface area (Å²) in [6, 6.07) is 7.22. The summed E-state index contributed by atoms with van der Waals surface area (Å²) in [5.41, 5.74) is 1.03. The van der Waals surface area contributed by atoms with Gasteiger partial charge in [-0.25, -0.2) is 4.79 Å². The van der Waals surface area contributed by atoms with Crippen LogP contribution in [-0.2, 0) is 9.53 Å². The number of nitrogens with zero attached hydrogens (tertiary/aromatic N) is 1. The average molecular weight is 247 g/mol. The first-order valence-electron chi connectivity index (χ1n) is 5.55. The smallest absolute Gasteiger partial charge is 0.379 e. The lowest BCUT2D eigenvalue weighted by molar-refractivity contribution is -0.135. The molecule has 0 unspecified atom stereocenters. The molecule has 0 bridgehead atoms. The first-order valence-corrected chi connectivity index (χ1v) is 5.55. The predicted molar refractivity (Wildman–Crippen MR) is 65.4 cm³/mol. The molecule has 0 aliphatic carbocycles. The van der Waals surface area contributed by atoms with E-state index in [9.17, 15) is 9.59 Å². The van der Waals surface area contributed by atoms with Crippen LogP contribution in [0.4, 0.5) is 0 Å². The maximum atomic E-state index is 11.9. The van der Waals surface area contributed by atoms with Gasteiger partial charge in [-0.15, -0.1) is 0 Å². The van der Waals surface area contributed by atoms with Gasteiger partial charge in [0.15, 0.2) is 0 Å². The van der Waals surface area contributed by atoms with E-state index in [-0.39, 0.29) is 5.56 Å². The Morgan fingerprint density at radius 1 is 1.28 bits per heavy atom. The van der Waals surface area contributed by atoms with Crippen LogP contribution in [0.2, 0.25) is 0 Å². The topological polar surface area (TPSA) is 57.5 Å². The van der Waals surface area contributed by atoms with Gasteiger partial charge in [0.25, 0.3) is 5.78 Å². The zero-order chi connectivity index (χ0) is 13.1. The number of ether oxygens (including phenoxy) is 1. The van der Waals surface area contributed by atoms with Crippen molar-refractivity contribution in [3.05, 3.63) is 36.0 Å². The minimum Gasteiger partial charge on any atom is -0.463 e. The van der Waals surface area contributed by atoms with Gasteiger partial charge < -0.3 is 9.57 Å². The number of carbonyl (C=O) groups is 2. The fraction of sp³-hybridized carbons (Fsp3) is 0.231. The molecule has 0 aliphatic rings. The van der Waals surface area contributed by atoms with Crippen LogP contribution in [0.25, 0.3) is 10.9 Å². The highest BCUT2D eigenvalue weighted by molar-refractivity contribution is 6.42. The van der Waals surface area contributed by atoms with Crippen molar-refractivity contribution in [1.29, 1.82) is 0 Å². The second kappa shape index (κ2) is 4.91. The van der Waals surface area contributed by atoms with E-state index in [1.54, 1.807) is 12.1 Å². The van der Waals surface area contributed by atoms with E-state index in [0.29, 0.717) is 12.0 Å². The molecule has 5 heteroatoms. The van der Waals surface area contributed by atoms with Crippen LogP contribution >= 0.6 is 0 Å². The summed E-state index contributed by atoms with van der Waals surface area (Å²) in [5, 5.41) is 0.668. The van der Waals surface area contributed by atoms with E-state index >= 15 is 0 Å². The van der Waals surface area contributed by atoms with E-state index in [1.165, 1.54) is 18.0 Å². The maximum absolute atomic E-state index is 11.9. The van der Waals surface area contributed by atoms with Crippen LogP contribution < -0.4 is 4.84 Å². The zero-order valence-electron chi connectivity index (χ0n) is 10.2. The van der Waals surface area contributed by atoms with Crippen LogP contribution in [0.15, 0.2) is 30.5 Å². The highest BCUT2D eigenvalue weighted by Gasteiger charge is 2.22.